The van der Waals surface area contributed by atoms with Crippen molar-refractivity contribution in [1.82, 2.24) is 10.6 Å². The molecule has 0 saturated carbocycles. The number of methoxy groups -OCH3 is 1. The van der Waals surface area contributed by atoms with E-state index < -0.39 is 6.10 Å². The van der Waals surface area contributed by atoms with E-state index in [0.717, 1.165) is 13.0 Å². The number of aliphatic hydroxyl groups is 1. The van der Waals surface area contributed by atoms with Gasteiger partial charge in [0.1, 0.15) is 13.2 Å². The zero-order valence-corrected chi connectivity index (χ0v) is 14.2. The number of hydrogen-bond acceptors (Lipinski definition) is 6. The number of fused-ring (bicyclic) bond motifs is 1. The number of amides is 1. The number of hydrogen-bond donors (Lipinski definition) is 3. The fourth-order valence-electron chi connectivity index (χ4n) is 2.97. The molecule has 2 atom stereocenters. The van der Waals surface area contributed by atoms with Gasteiger partial charge in [0, 0.05) is 19.0 Å². The maximum Gasteiger partial charge on any atom is 0.255 e. The first kappa shape index (κ1) is 17.1. The molecule has 0 radical (unpaired) electrons. The minimum atomic E-state index is -0.466. The number of nitrogens with one attached hydrogen (secondary N) is 2. The molecule has 8 heteroatoms. The summed E-state index contributed by atoms with van der Waals surface area (Å²) >= 11 is 6.19. The zero-order chi connectivity index (χ0) is 17.1. The van der Waals surface area contributed by atoms with Crippen LogP contribution in [0.1, 0.15) is 16.8 Å². The summed E-state index contributed by atoms with van der Waals surface area (Å²) in [6, 6.07) is 1.52. The Morgan fingerprint density at radius 1 is 1.46 bits per heavy atom. The Morgan fingerprint density at radius 2 is 2.21 bits per heavy atom. The number of rotatable bonds is 4. The Labute approximate surface area is 145 Å². The molecular formula is C16H21ClN2O5. The summed E-state index contributed by atoms with van der Waals surface area (Å²) in [5.74, 6) is 0.759. The molecule has 24 heavy (non-hydrogen) atoms. The highest BCUT2D eigenvalue weighted by atomic mass is 35.5. The van der Waals surface area contributed by atoms with Crippen LogP contribution < -0.4 is 24.8 Å². The van der Waals surface area contributed by atoms with Gasteiger partial charge in [-0.15, -0.1) is 0 Å². The van der Waals surface area contributed by atoms with Gasteiger partial charge < -0.3 is 30.0 Å². The van der Waals surface area contributed by atoms with Gasteiger partial charge in [-0.3, -0.25) is 4.79 Å². The molecule has 2 aliphatic heterocycles. The van der Waals surface area contributed by atoms with Crippen molar-refractivity contribution in [2.24, 2.45) is 5.92 Å². The van der Waals surface area contributed by atoms with E-state index in [0.29, 0.717) is 49.1 Å². The molecule has 0 aliphatic carbocycles. The third kappa shape index (κ3) is 3.38. The van der Waals surface area contributed by atoms with Gasteiger partial charge in [0.05, 0.1) is 23.8 Å². The molecule has 0 bridgehead atoms. The average Bonchev–Trinajstić information content (AvgIpc) is 2.60. The van der Waals surface area contributed by atoms with E-state index in [-0.39, 0.29) is 16.8 Å². The second kappa shape index (κ2) is 7.46. The number of piperidine rings is 1. The van der Waals surface area contributed by atoms with Gasteiger partial charge in [-0.05, 0) is 19.0 Å². The van der Waals surface area contributed by atoms with Gasteiger partial charge in [0.25, 0.3) is 5.91 Å². The van der Waals surface area contributed by atoms with Crippen LogP contribution in [0.3, 0.4) is 0 Å². The van der Waals surface area contributed by atoms with Crippen molar-refractivity contribution in [2.75, 3.05) is 40.0 Å². The predicted octanol–water partition coefficient (Wildman–Crippen LogP) is 0.820. The van der Waals surface area contributed by atoms with Crippen LogP contribution in [0.4, 0.5) is 0 Å². The molecule has 0 spiro atoms. The van der Waals surface area contributed by atoms with Crippen LogP contribution in [0.2, 0.25) is 5.02 Å². The Hall–Kier alpha value is -1.70. The molecule has 0 aromatic heterocycles. The number of benzene rings is 1. The van der Waals surface area contributed by atoms with Gasteiger partial charge in [-0.25, -0.2) is 0 Å². The molecule has 1 aromatic carbocycles. The van der Waals surface area contributed by atoms with E-state index in [1.54, 1.807) is 0 Å². The van der Waals surface area contributed by atoms with Gasteiger partial charge >= 0.3 is 0 Å². The highest BCUT2D eigenvalue weighted by Crippen LogP contribution is 2.46. The lowest BCUT2D eigenvalue weighted by molar-refractivity contribution is 0.0749. The van der Waals surface area contributed by atoms with Gasteiger partial charge in [0.15, 0.2) is 11.5 Å². The van der Waals surface area contributed by atoms with Crippen molar-refractivity contribution >= 4 is 17.5 Å². The van der Waals surface area contributed by atoms with Crippen molar-refractivity contribution in [3.63, 3.8) is 0 Å². The molecule has 1 amide bonds. The van der Waals surface area contributed by atoms with Crippen LogP contribution in [0, 0.1) is 5.92 Å². The lowest BCUT2D eigenvalue weighted by atomic mass is 9.95. The van der Waals surface area contributed by atoms with Crippen molar-refractivity contribution < 1.29 is 24.1 Å². The largest absolute Gasteiger partial charge is 0.491 e. The van der Waals surface area contributed by atoms with Crippen molar-refractivity contribution in [2.45, 2.75) is 12.5 Å². The third-order valence-corrected chi connectivity index (χ3v) is 4.57. The summed E-state index contributed by atoms with van der Waals surface area (Å²) < 4.78 is 16.4. The Bertz CT molecular complexity index is 625. The van der Waals surface area contributed by atoms with Crippen LogP contribution in [-0.2, 0) is 0 Å². The number of carbonyl (C=O) groups excluding carboxylic acids is 1. The molecule has 0 unspecified atom stereocenters. The molecule has 1 fully saturated rings. The van der Waals surface area contributed by atoms with E-state index >= 15 is 0 Å². The maximum absolute atomic E-state index is 12.6. The molecule has 1 aromatic rings. The fourth-order valence-corrected chi connectivity index (χ4v) is 3.24. The van der Waals surface area contributed by atoms with Crippen molar-refractivity contribution in [3.05, 3.63) is 16.7 Å². The molecule has 2 aliphatic rings. The molecule has 132 valence electrons. The summed E-state index contributed by atoms with van der Waals surface area (Å²) in [7, 11) is 1.48. The second-order valence-corrected chi connectivity index (χ2v) is 6.23. The lowest BCUT2D eigenvalue weighted by Crippen LogP contribution is -2.45. The highest BCUT2D eigenvalue weighted by molar-refractivity contribution is 6.33. The number of β-amino-alcohol motifs (C(OH)–C–C–N with tert-alkyl or cyclic N) is 1. The normalized spacial score (nSPS) is 22.8. The molecule has 3 rings (SSSR count). The predicted molar refractivity (Wildman–Crippen MR) is 88.3 cm³/mol. The average molecular weight is 357 g/mol. The first-order valence-electron chi connectivity index (χ1n) is 7.95. The van der Waals surface area contributed by atoms with Crippen LogP contribution in [0.25, 0.3) is 0 Å². The first-order chi connectivity index (χ1) is 11.6. The van der Waals surface area contributed by atoms with E-state index in [2.05, 4.69) is 10.6 Å². The molecule has 3 N–H and O–H groups in total. The highest BCUT2D eigenvalue weighted by Gasteiger charge is 2.28. The van der Waals surface area contributed by atoms with Gasteiger partial charge in [-0.2, -0.15) is 0 Å². The summed E-state index contributed by atoms with van der Waals surface area (Å²) in [6.07, 6.45) is 0.342. The number of halogens is 1. The Balaban J connectivity index is 1.78. The van der Waals surface area contributed by atoms with E-state index in [9.17, 15) is 9.90 Å². The minimum absolute atomic E-state index is 0.0249. The first-order valence-corrected chi connectivity index (χ1v) is 8.32. The van der Waals surface area contributed by atoms with Crippen molar-refractivity contribution in [3.8, 4) is 17.2 Å². The van der Waals surface area contributed by atoms with E-state index in [4.69, 9.17) is 25.8 Å². The maximum atomic E-state index is 12.6. The van der Waals surface area contributed by atoms with E-state index in [1.165, 1.54) is 13.2 Å². The molecular weight excluding hydrogens is 336 g/mol. The van der Waals surface area contributed by atoms with Crippen LogP contribution in [0.5, 0.6) is 17.2 Å². The Morgan fingerprint density at radius 3 is 2.92 bits per heavy atom. The monoisotopic (exact) mass is 356 g/mol. The van der Waals surface area contributed by atoms with E-state index in [1.807, 2.05) is 0 Å². The molecule has 7 nitrogen and oxygen atoms in total. The van der Waals surface area contributed by atoms with Crippen LogP contribution >= 0.6 is 11.6 Å². The van der Waals surface area contributed by atoms with Crippen molar-refractivity contribution in [1.29, 1.82) is 0 Å². The van der Waals surface area contributed by atoms with Gasteiger partial charge in [0.2, 0.25) is 5.75 Å². The lowest BCUT2D eigenvalue weighted by Gasteiger charge is -2.28. The quantitative estimate of drug-likeness (QED) is 0.740. The van der Waals surface area contributed by atoms with Crippen LogP contribution in [-0.4, -0.2) is 57.1 Å². The molecule has 2 heterocycles. The number of carbonyl (C=O) groups is 1. The third-order valence-electron chi connectivity index (χ3n) is 4.28. The fraction of sp³-hybridized carbons (Fsp3) is 0.562. The van der Waals surface area contributed by atoms with Gasteiger partial charge in [-0.1, -0.05) is 11.6 Å². The minimum Gasteiger partial charge on any atom is -0.491 e. The van der Waals surface area contributed by atoms with Crippen LogP contribution in [0.15, 0.2) is 6.07 Å². The summed E-state index contributed by atoms with van der Waals surface area (Å²) in [5.41, 5.74) is 0.305. The molecule has 1 saturated heterocycles. The number of ether oxygens (including phenoxy) is 3. The standard InChI is InChI=1S/C16H21ClN2O5/c1-22-14-11(17)6-10(13-15(14)24-5-4-23-13)16(21)19-7-9-2-3-18-8-12(9)20/h6,9,12,18,20H,2-5,7-8H2,1H3,(H,19,21)/t9-,12+/m0/s1. The smallest absolute Gasteiger partial charge is 0.255 e. The summed E-state index contributed by atoms with van der Waals surface area (Å²) in [6.45, 7) is 2.48. The second-order valence-electron chi connectivity index (χ2n) is 5.82. The topological polar surface area (TPSA) is 89.1 Å². The zero-order valence-electron chi connectivity index (χ0n) is 13.4. The SMILES string of the molecule is COc1c(Cl)cc(C(=O)NC[C@@H]2CCNC[C@H]2O)c2c1OCCO2. The summed E-state index contributed by atoms with van der Waals surface area (Å²) in [4.78, 5) is 12.6. The number of aliphatic hydroxyl groups excluding tert-OH is 1. The Kier molecular flexibility index (Phi) is 5.33. The summed E-state index contributed by atoms with van der Waals surface area (Å²) in [5, 5.41) is 16.2.